The van der Waals surface area contributed by atoms with Crippen molar-refractivity contribution in [3.8, 4) is 0 Å². The molecule has 5 heteroatoms. The molecule has 1 atom stereocenters. The van der Waals surface area contributed by atoms with E-state index in [9.17, 15) is 13.2 Å². The van der Waals surface area contributed by atoms with Crippen LogP contribution in [-0.2, 0) is 10.9 Å². The maximum Gasteiger partial charge on any atom is 0.416 e. The van der Waals surface area contributed by atoms with Crippen LogP contribution in [-0.4, -0.2) is 13.2 Å². The topological polar surface area (TPSA) is 35.2 Å². The van der Waals surface area contributed by atoms with Crippen molar-refractivity contribution in [2.24, 2.45) is 5.73 Å². The second-order valence-electron chi connectivity index (χ2n) is 3.68. The number of alkyl halides is 3. The molecule has 1 rings (SSSR count). The van der Waals surface area contributed by atoms with Crippen molar-refractivity contribution >= 4 is 0 Å². The molecule has 0 spiro atoms. The number of ether oxygens (including phenoxy) is 1. The minimum absolute atomic E-state index is 0.125. The van der Waals surface area contributed by atoms with E-state index < -0.39 is 17.8 Å². The quantitative estimate of drug-likeness (QED) is 0.811. The molecular formula is C12H16F3NO. The second kappa shape index (κ2) is 6.02. The van der Waals surface area contributed by atoms with Crippen molar-refractivity contribution in [1.82, 2.24) is 0 Å². The molecule has 0 aliphatic heterocycles. The highest BCUT2D eigenvalue weighted by molar-refractivity contribution is 5.32. The van der Waals surface area contributed by atoms with Crippen LogP contribution in [0.1, 0.15) is 30.5 Å². The molecule has 1 aromatic rings. The first-order chi connectivity index (χ1) is 7.96. The second-order valence-corrected chi connectivity index (χ2v) is 3.68. The molecule has 0 saturated heterocycles. The van der Waals surface area contributed by atoms with Crippen molar-refractivity contribution in [3.05, 3.63) is 35.4 Å². The summed E-state index contributed by atoms with van der Waals surface area (Å²) in [5.74, 6) is 0. The molecule has 2 nitrogen and oxygen atoms in total. The smallest absolute Gasteiger partial charge is 0.382 e. The van der Waals surface area contributed by atoms with E-state index in [1.807, 2.05) is 6.92 Å². The van der Waals surface area contributed by atoms with Gasteiger partial charge in [0, 0.05) is 19.3 Å². The van der Waals surface area contributed by atoms with Crippen LogP contribution in [0.2, 0.25) is 0 Å². The first-order valence-electron chi connectivity index (χ1n) is 5.46. The molecule has 0 saturated carbocycles. The van der Waals surface area contributed by atoms with E-state index in [2.05, 4.69) is 0 Å². The zero-order valence-electron chi connectivity index (χ0n) is 9.63. The molecule has 96 valence electrons. The molecule has 2 N–H and O–H groups in total. The minimum Gasteiger partial charge on any atom is -0.382 e. The number of rotatable bonds is 5. The molecule has 0 aliphatic carbocycles. The number of halogens is 3. The van der Waals surface area contributed by atoms with Gasteiger partial charge in [-0.1, -0.05) is 18.2 Å². The highest BCUT2D eigenvalue weighted by Crippen LogP contribution is 2.34. The van der Waals surface area contributed by atoms with Gasteiger partial charge in [-0.3, -0.25) is 0 Å². The summed E-state index contributed by atoms with van der Waals surface area (Å²) in [7, 11) is 0. The molecule has 0 heterocycles. The van der Waals surface area contributed by atoms with Crippen LogP contribution in [0.15, 0.2) is 24.3 Å². The number of nitrogens with two attached hydrogens (primary N) is 1. The van der Waals surface area contributed by atoms with Gasteiger partial charge < -0.3 is 10.5 Å². The van der Waals surface area contributed by atoms with Gasteiger partial charge >= 0.3 is 6.18 Å². The van der Waals surface area contributed by atoms with Crippen molar-refractivity contribution in [3.63, 3.8) is 0 Å². The van der Waals surface area contributed by atoms with Crippen molar-refractivity contribution in [2.75, 3.05) is 13.2 Å². The summed E-state index contributed by atoms with van der Waals surface area (Å²) in [6.45, 7) is 2.73. The molecule has 0 amide bonds. The van der Waals surface area contributed by atoms with Crippen LogP contribution < -0.4 is 5.73 Å². The molecule has 0 aliphatic rings. The zero-order chi connectivity index (χ0) is 12.9. The van der Waals surface area contributed by atoms with E-state index in [1.165, 1.54) is 12.1 Å². The Hall–Kier alpha value is -1.07. The maximum atomic E-state index is 12.7. The van der Waals surface area contributed by atoms with Crippen molar-refractivity contribution in [1.29, 1.82) is 0 Å². The Labute approximate surface area is 98.6 Å². The normalized spacial score (nSPS) is 13.7. The third-order valence-electron chi connectivity index (χ3n) is 2.44. The van der Waals surface area contributed by atoms with E-state index in [0.29, 0.717) is 19.6 Å². The van der Waals surface area contributed by atoms with Gasteiger partial charge in [-0.25, -0.2) is 0 Å². The Morgan fingerprint density at radius 1 is 1.29 bits per heavy atom. The summed E-state index contributed by atoms with van der Waals surface area (Å²) < 4.78 is 43.2. The Balaban J connectivity index is 2.82. The lowest BCUT2D eigenvalue weighted by Crippen LogP contribution is -2.18. The van der Waals surface area contributed by atoms with E-state index in [-0.39, 0.29) is 5.56 Å². The standard InChI is InChI=1S/C12H16F3NO/c1-2-17-8-7-11(16)9-5-3-4-6-10(9)12(13,14)15/h3-6,11H,2,7-8,16H2,1H3. The predicted octanol–water partition coefficient (Wildman–Crippen LogP) is 3.13. The fourth-order valence-corrected chi connectivity index (χ4v) is 1.59. The first-order valence-corrected chi connectivity index (χ1v) is 5.46. The van der Waals surface area contributed by atoms with Crippen LogP contribution in [0.5, 0.6) is 0 Å². The number of hydrogen-bond acceptors (Lipinski definition) is 2. The Morgan fingerprint density at radius 2 is 1.94 bits per heavy atom. The van der Waals surface area contributed by atoms with Gasteiger partial charge in [0.2, 0.25) is 0 Å². The average molecular weight is 247 g/mol. The van der Waals surface area contributed by atoms with Gasteiger partial charge in [-0.15, -0.1) is 0 Å². The van der Waals surface area contributed by atoms with E-state index in [0.717, 1.165) is 6.07 Å². The van der Waals surface area contributed by atoms with Crippen LogP contribution >= 0.6 is 0 Å². The van der Waals surface area contributed by atoms with E-state index >= 15 is 0 Å². The van der Waals surface area contributed by atoms with Crippen LogP contribution in [0, 0.1) is 0 Å². The lowest BCUT2D eigenvalue weighted by molar-refractivity contribution is -0.138. The molecule has 0 aromatic heterocycles. The van der Waals surface area contributed by atoms with Crippen molar-refractivity contribution in [2.45, 2.75) is 25.6 Å². The van der Waals surface area contributed by atoms with Gasteiger partial charge in [0.05, 0.1) is 5.56 Å². The SMILES string of the molecule is CCOCCC(N)c1ccccc1C(F)(F)F. The average Bonchev–Trinajstić information content (AvgIpc) is 2.28. The Morgan fingerprint density at radius 3 is 2.53 bits per heavy atom. The fourth-order valence-electron chi connectivity index (χ4n) is 1.59. The fraction of sp³-hybridized carbons (Fsp3) is 0.500. The van der Waals surface area contributed by atoms with E-state index in [4.69, 9.17) is 10.5 Å². The number of benzene rings is 1. The predicted molar refractivity (Wildman–Crippen MR) is 59.5 cm³/mol. The van der Waals surface area contributed by atoms with Gasteiger partial charge in [0.15, 0.2) is 0 Å². The maximum absolute atomic E-state index is 12.7. The summed E-state index contributed by atoms with van der Waals surface area (Å²) in [5.41, 5.74) is 5.22. The lowest BCUT2D eigenvalue weighted by Gasteiger charge is -2.18. The molecule has 0 bridgehead atoms. The first kappa shape index (κ1) is 14.0. The molecule has 0 fully saturated rings. The van der Waals surface area contributed by atoms with Gasteiger partial charge in [0.1, 0.15) is 0 Å². The molecule has 17 heavy (non-hydrogen) atoms. The summed E-state index contributed by atoms with van der Waals surface area (Å²) in [5, 5.41) is 0. The molecular weight excluding hydrogens is 231 g/mol. The van der Waals surface area contributed by atoms with Gasteiger partial charge in [-0.2, -0.15) is 13.2 Å². The highest BCUT2D eigenvalue weighted by atomic mass is 19.4. The van der Waals surface area contributed by atoms with Crippen molar-refractivity contribution < 1.29 is 17.9 Å². The van der Waals surface area contributed by atoms with Gasteiger partial charge in [-0.05, 0) is 25.0 Å². The van der Waals surface area contributed by atoms with Crippen LogP contribution in [0.3, 0.4) is 0 Å². The zero-order valence-corrected chi connectivity index (χ0v) is 9.63. The minimum atomic E-state index is -4.36. The summed E-state index contributed by atoms with van der Waals surface area (Å²) in [6.07, 6.45) is -3.99. The number of hydrogen-bond donors (Lipinski definition) is 1. The summed E-state index contributed by atoms with van der Waals surface area (Å²) in [4.78, 5) is 0. The monoisotopic (exact) mass is 247 g/mol. The Kier molecular flexibility index (Phi) is 4.96. The van der Waals surface area contributed by atoms with Crippen LogP contribution in [0.25, 0.3) is 0 Å². The molecule has 0 radical (unpaired) electrons. The summed E-state index contributed by atoms with van der Waals surface area (Å²) in [6, 6.07) is 4.74. The van der Waals surface area contributed by atoms with Gasteiger partial charge in [0.25, 0.3) is 0 Å². The third kappa shape index (κ3) is 4.02. The molecule has 1 unspecified atom stereocenters. The molecule has 1 aromatic carbocycles. The largest absolute Gasteiger partial charge is 0.416 e. The van der Waals surface area contributed by atoms with E-state index in [1.54, 1.807) is 6.07 Å². The highest BCUT2D eigenvalue weighted by Gasteiger charge is 2.34. The van der Waals surface area contributed by atoms with Crippen LogP contribution in [0.4, 0.5) is 13.2 Å². The lowest BCUT2D eigenvalue weighted by atomic mass is 9.98. The summed E-state index contributed by atoms with van der Waals surface area (Å²) >= 11 is 0. The third-order valence-corrected chi connectivity index (χ3v) is 2.44. The Bertz CT molecular complexity index is 352.